The van der Waals surface area contributed by atoms with E-state index < -0.39 is 0 Å². The van der Waals surface area contributed by atoms with E-state index >= 15 is 0 Å². The molecule has 0 amide bonds. The number of ether oxygens (including phenoxy) is 1. The minimum Gasteiger partial charge on any atom is -0.377 e. The summed E-state index contributed by atoms with van der Waals surface area (Å²) in [4.78, 5) is 2.46. The summed E-state index contributed by atoms with van der Waals surface area (Å²) in [7, 11) is 0. The third-order valence-corrected chi connectivity index (χ3v) is 3.91. The lowest BCUT2D eigenvalue weighted by molar-refractivity contribution is 0.148. The van der Waals surface area contributed by atoms with Gasteiger partial charge in [0.15, 0.2) is 0 Å². The first-order valence-corrected chi connectivity index (χ1v) is 7.21. The Morgan fingerprint density at radius 1 is 1.26 bits per heavy atom. The number of hydrogen-bond acceptors (Lipinski definition) is 3. The van der Waals surface area contributed by atoms with Crippen molar-refractivity contribution in [1.82, 2.24) is 5.32 Å². The molecule has 0 radical (unpaired) electrons. The molecule has 0 unspecified atom stereocenters. The second kappa shape index (κ2) is 6.22. The highest BCUT2D eigenvalue weighted by Crippen LogP contribution is 2.19. The first-order chi connectivity index (χ1) is 9.42. The van der Waals surface area contributed by atoms with Crippen LogP contribution in [0.1, 0.15) is 12.8 Å². The standard InChI is InChI=1S/C16H22N2O/c1-2-6-16(7-3-1)18-9-8-15(12-18)17-11-14-5-4-10-19-13-14/h1-3,5-7,15,17H,4,8-13H2/t15-/m0/s1. The van der Waals surface area contributed by atoms with Crippen LogP contribution in [0, 0.1) is 0 Å². The van der Waals surface area contributed by atoms with Gasteiger partial charge in [-0.25, -0.2) is 0 Å². The van der Waals surface area contributed by atoms with Gasteiger partial charge in [0.25, 0.3) is 0 Å². The molecule has 1 saturated heterocycles. The van der Waals surface area contributed by atoms with Gasteiger partial charge in [0.05, 0.1) is 13.2 Å². The summed E-state index contributed by atoms with van der Waals surface area (Å²) >= 11 is 0. The Labute approximate surface area is 115 Å². The van der Waals surface area contributed by atoms with Gasteiger partial charge >= 0.3 is 0 Å². The van der Waals surface area contributed by atoms with Crippen molar-refractivity contribution in [2.45, 2.75) is 18.9 Å². The first kappa shape index (κ1) is 12.7. The maximum Gasteiger partial charge on any atom is 0.0689 e. The third kappa shape index (κ3) is 3.37. The number of hydrogen-bond donors (Lipinski definition) is 1. The monoisotopic (exact) mass is 258 g/mol. The number of nitrogens with one attached hydrogen (secondary N) is 1. The quantitative estimate of drug-likeness (QED) is 0.838. The zero-order valence-corrected chi connectivity index (χ0v) is 11.3. The number of nitrogens with zero attached hydrogens (tertiary/aromatic N) is 1. The third-order valence-electron chi connectivity index (χ3n) is 3.91. The van der Waals surface area contributed by atoms with E-state index in [-0.39, 0.29) is 0 Å². The zero-order chi connectivity index (χ0) is 12.9. The molecule has 102 valence electrons. The predicted octanol–water partition coefficient (Wildman–Crippen LogP) is 2.20. The van der Waals surface area contributed by atoms with Crippen LogP contribution >= 0.6 is 0 Å². The molecule has 1 fully saturated rings. The molecule has 3 nitrogen and oxygen atoms in total. The fourth-order valence-corrected chi connectivity index (χ4v) is 2.81. The Morgan fingerprint density at radius 3 is 2.95 bits per heavy atom. The summed E-state index contributed by atoms with van der Waals surface area (Å²) < 4.78 is 5.47. The minimum absolute atomic E-state index is 0.600. The first-order valence-electron chi connectivity index (χ1n) is 7.21. The largest absolute Gasteiger partial charge is 0.377 e. The second-order valence-corrected chi connectivity index (χ2v) is 5.35. The van der Waals surface area contributed by atoms with Gasteiger partial charge in [-0.1, -0.05) is 24.3 Å². The van der Waals surface area contributed by atoms with Crippen LogP contribution in [0.3, 0.4) is 0 Å². The summed E-state index contributed by atoms with van der Waals surface area (Å²) in [6.07, 6.45) is 4.61. The highest BCUT2D eigenvalue weighted by molar-refractivity contribution is 5.47. The van der Waals surface area contributed by atoms with Crippen molar-refractivity contribution in [3.05, 3.63) is 42.0 Å². The van der Waals surface area contributed by atoms with E-state index in [1.807, 2.05) is 0 Å². The molecule has 2 heterocycles. The molecule has 3 rings (SSSR count). The Bertz CT molecular complexity index is 430. The predicted molar refractivity (Wildman–Crippen MR) is 78.6 cm³/mol. The van der Waals surface area contributed by atoms with Crippen LogP contribution in [-0.2, 0) is 4.74 Å². The normalized spacial score (nSPS) is 23.5. The molecule has 1 aromatic rings. The van der Waals surface area contributed by atoms with Crippen LogP contribution in [0.15, 0.2) is 42.0 Å². The van der Waals surface area contributed by atoms with E-state index in [1.54, 1.807) is 0 Å². The minimum atomic E-state index is 0.600. The molecule has 2 aliphatic rings. The Kier molecular flexibility index (Phi) is 4.16. The van der Waals surface area contributed by atoms with Crippen molar-refractivity contribution < 1.29 is 4.74 Å². The van der Waals surface area contributed by atoms with E-state index in [9.17, 15) is 0 Å². The van der Waals surface area contributed by atoms with Gasteiger partial charge in [0.2, 0.25) is 0 Å². The van der Waals surface area contributed by atoms with Gasteiger partial charge in [-0.15, -0.1) is 0 Å². The molecular weight excluding hydrogens is 236 g/mol. The molecule has 0 spiro atoms. The highest BCUT2D eigenvalue weighted by atomic mass is 16.5. The van der Waals surface area contributed by atoms with Crippen molar-refractivity contribution >= 4 is 5.69 Å². The number of rotatable bonds is 4. The number of benzene rings is 1. The lowest BCUT2D eigenvalue weighted by atomic mass is 10.2. The fraction of sp³-hybridized carbons (Fsp3) is 0.500. The van der Waals surface area contributed by atoms with Gasteiger partial charge in [-0.2, -0.15) is 0 Å². The van der Waals surface area contributed by atoms with Crippen LogP contribution < -0.4 is 10.2 Å². The molecule has 1 N–H and O–H groups in total. The van der Waals surface area contributed by atoms with E-state index in [2.05, 4.69) is 46.6 Å². The van der Waals surface area contributed by atoms with E-state index in [1.165, 1.54) is 17.7 Å². The molecule has 0 aromatic heterocycles. The number of anilines is 1. The van der Waals surface area contributed by atoms with Crippen LogP contribution in [0.25, 0.3) is 0 Å². The van der Waals surface area contributed by atoms with Crippen molar-refractivity contribution in [2.24, 2.45) is 0 Å². The molecule has 0 aliphatic carbocycles. The summed E-state index contributed by atoms with van der Waals surface area (Å²) in [6.45, 7) is 4.93. The zero-order valence-electron chi connectivity index (χ0n) is 11.3. The Hall–Kier alpha value is -1.32. The lowest BCUT2D eigenvalue weighted by Crippen LogP contribution is -2.34. The van der Waals surface area contributed by atoms with Gasteiger partial charge in [-0.05, 0) is 30.5 Å². The van der Waals surface area contributed by atoms with E-state index in [0.717, 1.165) is 39.3 Å². The van der Waals surface area contributed by atoms with Crippen molar-refractivity contribution in [2.75, 3.05) is 37.7 Å². The molecule has 19 heavy (non-hydrogen) atoms. The van der Waals surface area contributed by atoms with Crippen LogP contribution in [-0.4, -0.2) is 38.9 Å². The Morgan fingerprint density at radius 2 is 2.16 bits per heavy atom. The Balaban J connectivity index is 1.48. The average molecular weight is 258 g/mol. The fourth-order valence-electron chi connectivity index (χ4n) is 2.81. The smallest absolute Gasteiger partial charge is 0.0689 e. The maximum absolute atomic E-state index is 5.47. The summed E-state index contributed by atoms with van der Waals surface area (Å²) in [5.74, 6) is 0. The topological polar surface area (TPSA) is 24.5 Å². The molecule has 0 saturated carbocycles. The van der Waals surface area contributed by atoms with Crippen molar-refractivity contribution in [3.8, 4) is 0 Å². The second-order valence-electron chi connectivity index (χ2n) is 5.35. The maximum atomic E-state index is 5.47. The molecule has 1 aromatic carbocycles. The van der Waals surface area contributed by atoms with Gasteiger partial charge in [0, 0.05) is 31.4 Å². The molecule has 2 aliphatic heterocycles. The molecule has 0 bridgehead atoms. The lowest BCUT2D eigenvalue weighted by Gasteiger charge is -2.20. The molecular formula is C16H22N2O. The van der Waals surface area contributed by atoms with Gasteiger partial charge in [0.1, 0.15) is 0 Å². The summed E-state index contributed by atoms with van der Waals surface area (Å²) in [5, 5.41) is 3.66. The summed E-state index contributed by atoms with van der Waals surface area (Å²) in [5.41, 5.74) is 2.75. The van der Waals surface area contributed by atoms with Crippen LogP contribution in [0.4, 0.5) is 5.69 Å². The van der Waals surface area contributed by atoms with Gasteiger partial charge < -0.3 is 15.0 Å². The van der Waals surface area contributed by atoms with Crippen LogP contribution in [0.2, 0.25) is 0 Å². The summed E-state index contributed by atoms with van der Waals surface area (Å²) in [6, 6.07) is 11.3. The molecule has 1 atom stereocenters. The van der Waals surface area contributed by atoms with Crippen LogP contribution in [0.5, 0.6) is 0 Å². The number of para-hydroxylation sites is 1. The van der Waals surface area contributed by atoms with Crippen molar-refractivity contribution in [3.63, 3.8) is 0 Å². The van der Waals surface area contributed by atoms with E-state index in [4.69, 9.17) is 4.74 Å². The molecule has 3 heteroatoms. The SMILES string of the molecule is C1=C(CN[C@H]2CCN(c3ccccc3)C2)COCC1. The van der Waals surface area contributed by atoms with E-state index in [0.29, 0.717) is 6.04 Å². The average Bonchev–Trinajstić information content (AvgIpc) is 2.96. The van der Waals surface area contributed by atoms with Crippen molar-refractivity contribution in [1.29, 1.82) is 0 Å². The van der Waals surface area contributed by atoms with Gasteiger partial charge in [-0.3, -0.25) is 0 Å². The highest BCUT2D eigenvalue weighted by Gasteiger charge is 2.22.